The van der Waals surface area contributed by atoms with E-state index in [9.17, 15) is 18.0 Å². The fourth-order valence-corrected chi connectivity index (χ4v) is 0.397. The van der Waals surface area contributed by atoms with Crippen LogP contribution in [0.1, 0.15) is 13.8 Å². The molecule has 0 heterocycles. The third kappa shape index (κ3) is 4.64. The number of amides is 1. The molecule has 11 heavy (non-hydrogen) atoms. The number of halogens is 3. The molecule has 0 rings (SSSR count). The molecule has 5 heteroatoms. The van der Waals surface area contributed by atoms with Gasteiger partial charge in [0, 0.05) is 6.54 Å². The first-order chi connectivity index (χ1) is 4.84. The van der Waals surface area contributed by atoms with Crippen molar-refractivity contribution in [2.75, 3.05) is 6.54 Å². The van der Waals surface area contributed by atoms with Gasteiger partial charge >= 0.3 is 12.1 Å². The summed E-state index contributed by atoms with van der Waals surface area (Å²) in [5.41, 5.74) is 0. The number of alkyl halides is 3. The van der Waals surface area contributed by atoms with E-state index in [4.69, 9.17) is 0 Å². The van der Waals surface area contributed by atoms with Crippen molar-refractivity contribution in [1.82, 2.24) is 5.32 Å². The zero-order valence-electron chi connectivity index (χ0n) is 6.33. The lowest BCUT2D eigenvalue weighted by Gasteiger charge is -2.08. The van der Waals surface area contributed by atoms with Crippen molar-refractivity contribution in [3.63, 3.8) is 0 Å². The van der Waals surface area contributed by atoms with E-state index in [1.165, 1.54) is 0 Å². The predicted octanol–water partition coefficient (Wildman–Crippen LogP) is 1.32. The second-order valence-electron chi connectivity index (χ2n) is 2.60. The minimum atomic E-state index is -4.76. The van der Waals surface area contributed by atoms with E-state index < -0.39 is 12.1 Å². The summed E-state index contributed by atoms with van der Waals surface area (Å²) in [4.78, 5) is 10.1. The number of carbonyl (C=O) groups excluding carboxylic acids is 1. The molecular weight excluding hydrogens is 159 g/mol. The number of hydrogen-bond donors (Lipinski definition) is 1. The Morgan fingerprint density at radius 1 is 1.45 bits per heavy atom. The molecule has 0 saturated carbocycles. The van der Waals surface area contributed by atoms with E-state index in [1.54, 1.807) is 19.2 Å². The van der Waals surface area contributed by atoms with Gasteiger partial charge < -0.3 is 5.32 Å². The number of rotatable bonds is 2. The lowest BCUT2D eigenvalue weighted by Crippen LogP contribution is -2.38. The molecule has 66 valence electrons. The fourth-order valence-electron chi connectivity index (χ4n) is 0.397. The lowest BCUT2D eigenvalue weighted by molar-refractivity contribution is -0.173. The van der Waals surface area contributed by atoms with E-state index >= 15 is 0 Å². The summed E-state index contributed by atoms with van der Waals surface area (Å²) in [6.07, 6.45) is -4.76. The Bertz CT molecular complexity index is 141. The van der Waals surface area contributed by atoms with E-state index in [-0.39, 0.29) is 12.5 Å². The molecule has 1 amide bonds. The van der Waals surface area contributed by atoms with Crippen LogP contribution >= 0.6 is 0 Å². The molecule has 0 aliphatic rings. The molecule has 0 aliphatic carbocycles. The summed E-state index contributed by atoms with van der Waals surface area (Å²) >= 11 is 0. The quantitative estimate of drug-likeness (QED) is 0.663. The van der Waals surface area contributed by atoms with Gasteiger partial charge in [-0.1, -0.05) is 13.8 Å². The van der Waals surface area contributed by atoms with Gasteiger partial charge in [-0.25, -0.2) is 0 Å². The summed E-state index contributed by atoms with van der Waals surface area (Å²) in [5.74, 6) is -1.84. The van der Waals surface area contributed by atoms with Crippen molar-refractivity contribution >= 4 is 5.91 Å². The van der Waals surface area contributed by atoms with Crippen LogP contribution in [-0.4, -0.2) is 18.6 Å². The van der Waals surface area contributed by atoms with Crippen molar-refractivity contribution < 1.29 is 18.0 Å². The molecule has 0 aromatic rings. The van der Waals surface area contributed by atoms with Crippen LogP contribution < -0.4 is 5.32 Å². The molecule has 2 nitrogen and oxygen atoms in total. The van der Waals surface area contributed by atoms with Gasteiger partial charge in [0.25, 0.3) is 0 Å². The summed E-state index contributed by atoms with van der Waals surface area (Å²) in [6.45, 7) is 3.49. The van der Waals surface area contributed by atoms with E-state index in [0.29, 0.717) is 0 Å². The van der Waals surface area contributed by atoms with E-state index in [1.807, 2.05) is 0 Å². The predicted molar refractivity (Wildman–Crippen MR) is 33.9 cm³/mol. The summed E-state index contributed by atoms with van der Waals surface area (Å²) in [7, 11) is 0. The zero-order chi connectivity index (χ0) is 9.07. The van der Waals surface area contributed by atoms with Gasteiger partial charge in [0.15, 0.2) is 0 Å². The Morgan fingerprint density at radius 2 is 1.91 bits per heavy atom. The molecule has 0 radical (unpaired) electrons. The molecule has 0 bridgehead atoms. The van der Waals surface area contributed by atoms with Crippen LogP contribution in [0.4, 0.5) is 13.2 Å². The van der Waals surface area contributed by atoms with Gasteiger partial charge in [0.05, 0.1) is 0 Å². The minimum absolute atomic E-state index is 0.0290. The van der Waals surface area contributed by atoms with E-state index in [2.05, 4.69) is 0 Å². The molecule has 0 unspecified atom stereocenters. The van der Waals surface area contributed by atoms with Crippen LogP contribution in [0.25, 0.3) is 0 Å². The Balaban J connectivity index is 3.71. The molecule has 0 spiro atoms. The van der Waals surface area contributed by atoms with Gasteiger partial charge in [0.2, 0.25) is 0 Å². The van der Waals surface area contributed by atoms with Crippen LogP contribution in [-0.2, 0) is 4.79 Å². The molecule has 0 saturated heterocycles. The van der Waals surface area contributed by atoms with Crippen molar-refractivity contribution in [2.24, 2.45) is 5.92 Å². The number of nitrogens with one attached hydrogen (secondary N) is 1. The average Bonchev–Trinajstić information content (AvgIpc) is 1.80. The zero-order valence-corrected chi connectivity index (χ0v) is 6.33. The van der Waals surface area contributed by atoms with Crippen LogP contribution in [0, 0.1) is 5.92 Å². The van der Waals surface area contributed by atoms with Crippen molar-refractivity contribution in [2.45, 2.75) is 20.0 Å². The molecule has 0 fully saturated rings. The topological polar surface area (TPSA) is 29.1 Å². The van der Waals surface area contributed by atoms with Gasteiger partial charge in [-0.05, 0) is 5.92 Å². The van der Waals surface area contributed by atoms with Crippen LogP contribution in [0.15, 0.2) is 0 Å². The molecule has 0 aromatic carbocycles. The second kappa shape index (κ2) is 3.59. The first kappa shape index (κ1) is 10.3. The maximum atomic E-state index is 11.5. The maximum absolute atomic E-state index is 11.5. The normalized spacial score (nSPS) is 11.8. The Hall–Kier alpha value is -0.740. The second-order valence-corrected chi connectivity index (χ2v) is 2.60. The SMILES string of the molecule is CC(C)CNC(=O)C(F)(F)F. The average molecular weight is 169 g/mol. The van der Waals surface area contributed by atoms with Crippen LogP contribution in [0.5, 0.6) is 0 Å². The maximum Gasteiger partial charge on any atom is 0.471 e. The highest BCUT2D eigenvalue weighted by Gasteiger charge is 2.38. The third-order valence-electron chi connectivity index (χ3n) is 0.928. The highest BCUT2D eigenvalue weighted by atomic mass is 19.4. The Labute approximate surface area is 62.8 Å². The molecule has 0 atom stereocenters. The Morgan fingerprint density at radius 3 is 2.18 bits per heavy atom. The molecular formula is C6H10F3NO. The third-order valence-corrected chi connectivity index (χ3v) is 0.928. The lowest BCUT2D eigenvalue weighted by atomic mass is 10.2. The summed E-state index contributed by atoms with van der Waals surface area (Å²) < 4.78 is 34.5. The Kier molecular flexibility index (Phi) is 3.35. The van der Waals surface area contributed by atoms with Crippen molar-refractivity contribution in [1.29, 1.82) is 0 Å². The number of hydrogen-bond acceptors (Lipinski definition) is 1. The minimum Gasteiger partial charge on any atom is -0.348 e. The first-order valence-corrected chi connectivity index (χ1v) is 3.19. The number of carbonyl (C=O) groups is 1. The van der Waals surface area contributed by atoms with Crippen LogP contribution in [0.2, 0.25) is 0 Å². The highest BCUT2D eigenvalue weighted by molar-refractivity contribution is 5.81. The molecule has 0 aliphatic heterocycles. The van der Waals surface area contributed by atoms with Gasteiger partial charge in [-0.3, -0.25) is 4.79 Å². The highest BCUT2D eigenvalue weighted by Crippen LogP contribution is 2.13. The molecule has 0 aromatic heterocycles. The standard InChI is InChI=1S/C6H10F3NO/c1-4(2)3-10-5(11)6(7,8)9/h4H,3H2,1-2H3,(H,10,11). The monoisotopic (exact) mass is 169 g/mol. The van der Waals surface area contributed by atoms with Crippen molar-refractivity contribution in [3.05, 3.63) is 0 Å². The van der Waals surface area contributed by atoms with Gasteiger partial charge in [0.1, 0.15) is 0 Å². The smallest absolute Gasteiger partial charge is 0.348 e. The largest absolute Gasteiger partial charge is 0.471 e. The van der Waals surface area contributed by atoms with Crippen molar-refractivity contribution in [3.8, 4) is 0 Å². The summed E-state index contributed by atoms with van der Waals surface area (Å²) in [5, 5.41) is 1.76. The van der Waals surface area contributed by atoms with E-state index in [0.717, 1.165) is 0 Å². The van der Waals surface area contributed by atoms with Crippen LogP contribution in [0.3, 0.4) is 0 Å². The fraction of sp³-hybridized carbons (Fsp3) is 0.833. The molecule has 1 N–H and O–H groups in total. The van der Waals surface area contributed by atoms with Gasteiger partial charge in [-0.15, -0.1) is 0 Å². The summed E-state index contributed by atoms with van der Waals surface area (Å²) in [6, 6.07) is 0. The van der Waals surface area contributed by atoms with Gasteiger partial charge in [-0.2, -0.15) is 13.2 Å². The first-order valence-electron chi connectivity index (χ1n) is 3.19.